The highest BCUT2D eigenvalue weighted by Gasteiger charge is 2.30. The molecule has 2 aliphatic rings. The van der Waals surface area contributed by atoms with Crippen LogP contribution < -0.4 is 0 Å². The zero-order valence-corrected chi connectivity index (χ0v) is 13.5. The highest BCUT2D eigenvalue weighted by atomic mass is 35.5. The molecule has 2 aliphatic heterocycles. The summed E-state index contributed by atoms with van der Waals surface area (Å²) in [6.07, 6.45) is 6.50. The van der Waals surface area contributed by atoms with Gasteiger partial charge in [0.05, 0.1) is 0 Å². The fourth-order valence-corrected chi connectivity index (χ4v) is 3.71. The van der Waals surface area contributed by atoms with E-state index in [0.717, 1.165) is 11.6 Å². The monoisotopic (exact) mass is 289 g/mol. The van der Waals surface area contributed by atoms with Crippen LogP contribution in [0.25, 0.3) is 5.57 Å². The van der Waals surface area contributed by atoms with Crippen molar-refractivity contribution in [3.8, 4) is 0 Å². The van der Waals surface area contributed by atoms with E-state index in [4.69, 9.17) is 11.6 Å². The fraction of sp³-hybridized carbons (Fsp3) is 0.556. The standard InChI is InChI=1S/C18H24ClN/c1-18(2,3)17-11-15-6-4-5-9-20(15)12-13-10-14(19)7-8-16(13)17/h7-8,10-11,15H,4-6,9,12H2,1-3H3. The number of hydrogen-bond acceptors (Lipinski definition) is 1. The third-order valence-corrected chi connectivity index (χ3v) is 4.80. The maximum Gasteiger partial charge on any atom is 0.0409 e. The van der Waals surface area contributed by atoms with E-state index in [2.05, 4.69) is 43.9 Å². The number of piperidine rings is 1. The second-order valence-electron chi connectivity index (χ2n) is 7.17. The molecule has 3 rings (SSSR count). The van der Waals surface area contributed by atoms with Crippen LogP contribution in [0.15, 0.2) is 24.3 Å². The van der Waals surface area contributed by atoms with Crippen LogP contribution >= 0.6 is 11.6 Å². The lowest BCUT2D eigenvalue weighted by molar-refractivity contribution is 0.173. The molecule has 1 saturated heterocycles. The SMILES string of the molecule is CC(C)(C)C1=CC2CCCCN2Cc2cc(Cl)ccc21. The van der Waals surface area contributed by atoms with Crippen LogP contribution in [-0.4, -0.2) is 17.5 Å². The minimum Gasteiger partial charge on any atom is -0.293 e. The van der Waals surface area contributed by atoms with Gasteiger partial charge in [0.1, 0.15) is 0 Å². The Bertz CT molecular complexity index is 539. The van der Waals surface area contributed by atoms with Crippen molar-refractivity contribution in [2.24, 2.45) is 5.41 Å². The Morgan fingerprint density at radius 3 is 2.75 bits per heavy atom. The fourth-order valence-electron chi connectivity index (χ4n) is 3.51. The Morgan fingerprint density at radius 1 is 1.20 bits per heavy atom. The Balaban J connectivity index is 2.12. The van der Waals surface area contributed by atoms with E-state index in [1.54, 1.807) is 0 Å². The second-order valence-corrected chi connectivity index (χ2v) is 7.60. The van der Waals surface area contributed by atoms with Crippen molar-refractivity contribution >= 4 is 17.2 Å². The summed E-state index contributed by atoms with van der Waals surface area (Å²) in [7, 11) is 0. The Hall–Kier alpha value is -0.790. The molecular formula is C18H24ClN. The van der Waals surface area contributed by atoms with Gasteiger partial charge in [0.2, 0.25) is 0 Å². The zero-order chi connectivity index (χ0) is 14.3. The maximum absolute atomic E-state index is 6.23. The lowest BCUT2D eigenvalue weighted by atomic mass is 9.80. The smallest absolute Gasteiger partial charge is 0.0409 e. The van der Waals surface area contributed by atoms with E-state index in [-0.39, 0.29) is 5.41 Å². The van der Waals surface area contributed by atoms with Crippen LogP contribution in [-0.2, 0) is 6.54 Å². The summed E-state index contributed by atoms with van der Waals surface area (Å²) < 4.78 is 0. The maximum atomic E-state index is 6.23. The highest BCUT2D eigenvalue weighted by Crippen LogP contribution is 2.40. The van der Waals surface area contributed by atoms with Crippen molar-refractivity contribution in [3.63, 3.8) is 0 Å². The minimum atomic E-state index is 0.177. The lowest BCUT2D eigenvalue weighted by Crippen LogP contribution is -2.37. The van der Waals surface area contributed by atoms with Gasteiger partial charge in [-0.2, -0.15) is 0 Å². The first kappa shape index (κ1) is 14.2. The molecule has 1 nitrogen and oxygen atoms in total. The molecule has 20 heavy (non-hydrogen) atoms. The van der Waals surface area contributed by atoms with Gasteiger partial charge in [0.25, 0.3) is 0 Å². The van der Waals surface area contributed by atoms with Gasteiger partial charge in [-0.1, -0.05) is 50.9 Å². The van der Waals surface area contributed by atoms with Gasteiger partial charge < -0.3 is 0 Å². The topological polar surface area (TPSA) is 3.24 Å². The van der Waals surface area contributed by atoms with E-state index in [1.807, 2.05) is 6.07 Å². The predicted octanol–water partition coefficient (Wildman–Crippen LogP) is 5.14. The van der Waals surface area contributed by atoms with Crippen LogP contribution in [0.5, 0.6) is 0 Å². The van der Waals surface area contributed by atoms with Gasteiger partial charge in [0.15, 0.2) is 0 Å². The minimum absolute atomic E-state index is 0.177. The van der Waals surface area contributed by atoms with Gasteiger partial charge in [-0.25, -0.2) is 0 Å². The summed E-state index contributed by atoms with van der Waals surface area (Å²) in [6, 6.07) is 7.01. The summed E-state index contributed by atoms with van der Waals surface area (Å²) in [5.41, 5.74) is 4.45. The molecule has 0 N–H and O–H groups in total. The second kappa shape index (κ2) is 5.20. The number of rotatable bonds is 0. The molecule has 0 aromatic heterocycles. The van der Waals surface area contributed by atoms with Gasteiger partial charge in [-0.3, -0.25) is 4.90 Å². The number of nitrogens with zero attached hydrogens (tertiary/aromatic N) is 1. The van der Waals surface area contributed by atoms with Crippen molar-refractivity contribution in [3.05, 3.63) is 40.4 Å². The van der Waals surface area contributed by atoms with E-state index < -0.39 is 0 Å². The average Bonchev–Trinajstić information content (AvgIpc) is 2.53. The zero-order valence-electron chi connectivity index (χ0n) is 12.7. The molecule has 108 valence electrons. The highest BCUT2D eigenvalue weighted by molar-refractivity contribution is 6.30. The molecule has 0 bridgehead atoms. The van der Waals surface area contributed by atoms with Gasteiger partial charge in [-0.15, -0.1) is 0 Å². The molecule has 1 aromatic rings. The van der Waals surface area contributed by atoms with E-state index >= 15 is 0 Å². The molecule has 1 fully saturated rings. The number of fused-ring (bicyclic) bond motifs is 2. The van der Waals surface area contributed by atoms with Crippen molar-refractivity contribution in [2.45, 2.75) is 52.6 Å². The lowest BCUT2D eigenvalue weighted by Gasteiger charge is -2.33. The van der Waals surface area contributed by atoms with Crippen LogP contribution in [0.4, 0.5) is 0 Å². The van der Waals surface area contributed by atoms with Crippen LogP contribution in [0, 0.1) is 5.41 Å². The first-order valence-corrected chi connectivity index (χ1v) is 8.08. The molecule has 1 aromatic carbocycles. The molecule has 0 aliphatic carbocycles. The number of hydrogen-bond donors (Lipinski definition) is 0. The molecule has 0 saturated carbocycles. The summed E-state index contributed by atoms with van der Waals surface area (Å²) in [4.78, 5) is 2.62. The molecular weight excluding hydrogens is 266 g/mol. The molecule has 0 radical (unpaired) electrons. The quantitative estimate of drug-likeness (QED) is 0.639. The van der Waals surface area contributed by atoms with Crippen LogP contribution in [0.3, 0.4) is 0 Å². The summed E-state index contributed by atoms with van der Waals surface area (Å²) in [5.74, 6) is 0. The molecule has 0 spiro atoms. The average molecular weight is 290 g/mol. The molecule has 2 heterocycles. The van der Waals surface area contributed by atoms with Gasteiger partial charge in [0, 0.05) is 17.6 Å². The molecule has 1 atom stereocenters. The first-order chi connectivity index (χ1) is 9.45. The van der Waals surface area contributed by atoms with Crippen LogP contribution in [0.2, 0.25) is 5.02 Å². The predicted molar refractivity (Wildman–Crippen MR) is 86.9 cm³/mol. The third-order valence-electron chi connectivity index (χ3n) is 4.56. The third kappa shape index (κ3) is 2.66. The first-order valence-electron chi connectivity index (χ1n) is 7.70. The Kier molecular flexibility index (Phi) is 3.68. The van der Waals surface area contributed by atoms with Crippen molar-refractivity contribution in [1.82, 2.24) is 4.90 Å². The number of benzene rings is 1. The summed E-state index contributed by atoms with van der Waals surface area (Å²) >= 11 is 6.23. The van der Waals surface area contributed by atoms with Gasteiger partial charge in [-0.05, 0) is 53.6 Å². The Morgan fingerprint density at radius 2 is 2.00 bits per heavy atom. The number of allylic oxidation sites excluding steroid dienone is 1. The summed E-state index contributed by atoms with van der Waals surface area (Å²) in [6.45, 7) is 9.20. The van der Waals surface area contributed by atoms with Crippen molar-refractivity contribution < 1.29 is 0 Å². The number of halogens is 1. The molecule has 1 unspecified atom stereocenters. The Labute approximate surface area is 127 Å². The van der Waals surface area contributed by atoms with Crippen LogP contribution in [0.1, 0.15) is 51.2 Å². The summed E-state index contributed by atoms with van der Waals surface area (Å²) in [5, 5.41) is 0.854. The van der Waals surface area contributed by atoms with Crippen molar-refractivity contribution in [2.75, 3.05) is 6.54 Å². The van der Waals surface area contributed by atoms with Gasteiger partial charge >= 0.3 is 0 Å². The van der Waals surface area contributed by atoms with E-state index in [1.165, 1.54) is 42.5 Å². The van der Waals surface area contributed by atoms with E-state index in [0.29, 0.717) is 6.04 Å². The largest absolute Gasteiger partial charge is 0.293 e. The molecule has 0 amide bonds. The molecule has 2 heteroatoms. The van der Waals surface area contributed by atoms with Crippen molar-refractivity contribution in [1.29, 1.82) is 0 Å². The normalized spacial score (nSPS) is 23.6. The van der Waals surface area contributed by atoms with E-state index in [9.17, 15) is 0 Å².